The van der Waals surface area contributed by atoms with E-state index >= 15 is 0 Å². The van der Waals surface area contributed by atoms with Crippen molar-refractivity contribution in [3.8, 4) is 0 Å². The maximum atomic E-state index is 12.1. The minimum Gasteiger partial charge on any atom is -0.390 e. The van der Waals surface area contributed by atoms with Crippen LogP contribution in [0, 0.1) is 17.0 Å². The molecule has 1 aromatic heterocycles. The van der Waals surface area contributed by atoms with Gasteiger partial charge in [-0.1, -0.05) is 17.7 Å². The molecule has 10 heteroatoms. The molecular weight excluding hydrogens is 376 g/mol. The number of nitro groups is 1. The SMILES string of the molecule is Cc1cc([N+](=O)[O-])cc(Cl)c1NCC(O)CS(=O)(=O)c1cccs1. The molecule has 0 saturated carbocycles. The first-order valence-corrected chi connectivity index (χ1v) is 9.74. The molecule has 1 aromatic carbocycles. The van der Waals surface area contributed by atoms with Crippen molar-refractivity contribution < 1.29 is 18.4 Å². The van der Waals surface area contributed by atoms with Crippen LogP contribution in [0.5, 0.6) is 0 Å². The number of nitro benzene ring substituents is 1. The fourth-order valence-corrected chi connectivity index (χ4v) is 4.92. The van der Waals surface area contributed by atoms with E-state index in [0.29, 0.717) is 11.3 Å². The number of aryl methyl sites for hydroxylation is 1. The summed E-state index contributed by atoms with van der Waals surface area (Å²) in [5, 5.41) is 25.4. The quantitative estimate of drug-likeness (QED) is 0.555. The third kappa shape index (κ3) is 4.44. The second-order valence-electron chi connectivity index (χ2n) is 5.12. The summed E-state index contributed by atoms with van der Waals surface area (Å²) in [5.41, 5.74) is 0.821. The summed E-state index contributed by atoms with van der Waals surface area (Å²) >= 11 is 7.10. The van der Waals surface area contributed by atoms with Crippen molar-refractivity contribution in [2.24, 2.45) is 0 Å². The average Bonchev–Trinajstić information content (AvgIpc) is 3.00. The fourth-order valence-electron chi connectivity index (χ4n) is 2.11. The smallest absolute Gasteiger partial charge is 0.271 e. The number of hydrogen-bond donors (Lipinski definition) is 2. The van der Waals surface area contributed by atoms with Crippen LogP contribution in [0.15, 0.2) is 33.9 Å². The van der Waals surface area contributed by atoms with Gasteiger partial charge in [-0.3, -0.25) is 10.1 Å². The second-order valence-corrected chi connectivity index (χ2v) is 8.74. The molecule has 2 rings (SSSR count). The van der Waals surface area contributed by atoms with Gasteiger partial charge in [-0.2, -0.15) is 0 Å². The zero-order valence-corrected chi connectivity index (χ0v) is 15.0. The molecule has 0 fully saturated rings. The lowest BCUT2D eigenvalue weighted by Gasteiger charge is -2.15. The van der Waals surface area contributed by atoms with E-state index in [1.807, 2.05) is 0 Å². The van der Waals surface area contributed by atoms with E-state index in [1.165, 1.54) is 18.2 Å². The number of sulfone groups is 1. The number of rotatable bonds is 7. The molecule has 1 unspecified atom stereocenters. The van der Waals surface area contributed by atoms with Gasteiger partial charge in [0.15, 0.2) is 9.84 Å². The highest BCUT2D eigenvalue weighted by Crippen LogP contribution is 2.30. The minimum atomic E-state index is -3.55. The number of nitrogens with one attached hydrogen (secondary N) is 1. The van der Waals surface area contributed by atoms with Crippen LogP contribution >= 0.6 is 22.9 Å². The molecule has 0 bridgehead atoms. The van der Waals surface area contributed by atoms with Crippen LogP contribution in [0.1, 0.15) is 5.56 Å². The molecule has 0 saturated heterocycles. The van der Waals surface area contributed by atoms with Gasteiger partial charge in [-0.25, -0.2) is 8.42 Å². The number of thiophene rings is 1. The molecule has 2 N–H and O–H groups in total. The summed E-state index contributed by atoms with van der Waals surface area (Å²) in [6, 6.07) is 5.66. The van der Waals surface area contributed by atoms with Gasteiger partial charge in [-0.15, -0.1) is 11.3 Å². The topological polar surface area (TPSA) is 110 Å². The number of benzene rings is 1. The summed E-state index contributed by atoms with van der Waals surface area (Å²) in [6.07, 6.45) is -1.15. The van der Waals surface area contributed by atoms with Crippen molar-refractivity contribution in [2.45, 2.75) is 17.2 Å². The predicted octanol–water partition coefficient (Wildman–Crippen LogP) is 2.86. The zero-order valence-electron chi connectivity index (χ0n) is 12.6. The van der Waals surface area contributed by atoms with Gasteiger partial charge in [0.05, 0.1) is 27.5 Å². The molecule has 0 aliphatic heterocycles. The Morgan fingerprint density at radius 3 is 2.71 bits per heavy atom. The minimum absolute atomic E-state index is 0.0526. The van der Waals surface area contributed by atoms with E-state index in [9.17, 15) is 23.6 Å². The van der Waals surface area contributed by atoms with Crippen molar-refractivity contribution in [1.29, 1.82) is 0 Å². The lowest BCUT2D eigenvalue weighted by Crippen LogP contribution is -2.28. The molecule has 1 heterocycles. The van der Waals surface area contributed by atoms with Crippen LogP contribution in [-0.4, -0.2) is 36.8 Å². The van der Waals surface area contributed by atoms with Crippen molar-refractivity contribution in [3.05, 3.63) is 50.3 Å². The van der Waals surface area contributed by atoms with Gasteiger partial charge in [-0.05, 0) is 23.9 Å². The molecule has 0 amide bonds. The van der Waals surface area contributed by atoms with Crippen molar-refractivity contribution in [2.75, 3.05) is 17.6 Å². The number of hydrogen-bond acceptors (Lipinski definition) is 7. The summed E-state index contributed by atoms with van der Waals surface area (Å²) in [7, 11) is -3.55. The highest BCUT2D eigenvalue weighted by molar-refractivity contribution is 7.93. The third-order valence-electron chi connectivity index (χ3n) is 3.21. The first kappa shape index (κ1) is 18.7. The molecule has 0 spiro atoms. The molecule has 0 aliphatic rings. The van der Waals surface area contributed by atoms with E-state index in [1.54, 1.807) is 18.4 Å². The fraction of sp³-hybridized carbons (Fsp3) is 0.286. The Kier molecular flexibility index (Phi) is 5.81. The standard InChI is InChI=1S/C14H15ClN2O5S2/c1-9-5-10(17(19)20)6-12(15)14(9)16-7-11(18)8-24(21,22)13-3-2-4-23-13/h2-6,11,16,18H,7-8H2,1H3. The Labute approximate surface area is 148 Å². The summed E-state index contributed by atoms with van der Waals surface area (Å²) in [6.45, 7) is 1.58. The predicted molar refractivity (Wildman–Crippen MR) is 93.7 cm³/mol. The molecule has 0 radical (unpaired) electrons. The number of nitrogens with zero attached hydrogens (tertiary/aromatic N) is 1. The number of halogens is 1. The van der Waals surface area contributed by atoms with Crippen LogP contribution in [0.2, 0.25) is 5.02 Å². The van der Waals surface area contributed by atoms with E-state index < -0.39 is 26.6 Å². The van der Waals surface area contributed by atoms with E-state index in [4.69, 9.17) is 11.6 Å². The summed E-state index contributed by atoms with van der Waals surface area (Å²) in [4.78, 5) is 10.2. The number of non-ortho nitro benzene ring substituents is 1. The first-order valence-electron chi connectivity index (χ1n) is 6.83. The Bertz CT molecular complexity index is 814. The highest BCUT2D eigenvalue weighted by atomic mass is 35.5. The maximum Gasteiger partial charge on any atom is 0.271 e. The van der Waals surface area contributed by atoms with Crippen molar-refractivity contribution >= 4 is 44.1 Å². The van der Waals surface area contributed by atoms with Gasteiger partial charge >= 0.3 is 0 Å². The van der Waals surface area contributed by atoms with Gasteiger partial charge in [0.25, 0.3) is 5.69 Å². The third-order valence-corrected chi connectivity index (χ3v) is 6.79. The van der Waals surface area contributed by atoms with Gasteiger partial charge in [0.1, 0.15) is 4.21 Å². The Hall–Kier alpha value is -1.68. The largest absolute Gasteiger partial charge is 0.390 e. The molecule has 130 valence electrons. The molecule has 0 aliphatic carbocycles. The molecule has 7 nitrogen and oxygen atoms in total. The summed E-state index contributed by atoms with van der Waals surface area (Å²) < 4.78 is 24.4. The van der Waals surface area contributed by atoms with E-state index in [0.717, 1.165) is 11.3 Å². The molecule has 2 aromatic rings. The maximum absolute atomic E-state index is 12.1. The van der Waals surface area contributed by atoms with Gasteiger partial charge in [0, 0.05) is 18.7 Å². The molecule has 1 atom stereocenters. The van der Waals surface area contributed by atoms with Crippen molar-refractivity contribution in [1.82, 2.24) is 0 Å². The average molecular weight is 391 g/mol. The Morgan fingerprint density at radius 2 is 2.17 bits per heavy atom. The van der Waals surface area contributed by atoms with Crippen LogP contribution in [0.25, 0.3) is 0 Å². The Balaban J connectivity index is 2.04. The molecule has 24 heavy (non-hydrogen) atoms. The van der Waals surface area contributed by atoms with Gasteiger partial charge < -0.3 is 10.4 Å². The lowest BCUT2D eigenvalue weighted by atomic mass is 10.1. The number of anilines is 1. The van der Waals surface area contributed by atoms with Crippen LogP contribution in [0.4, 0.5) is 11.4 Å². The van der Waals surface area contributed by atoms with E-state index in [-0.39, 0.29) is 21.5 Å². The monoisotopic (exact) mass is 390 g/mol. The summed E-state index contributed by atoms with van der Waals surface area (Å²) in [5.74, 6) is -0.426. The zero-order chi connectivity index (χ0) is 17.9. The molecular formula is C14H15ClN2O5S2. The van der Waals surface area contributed by atoms with Crippen LogP contribution < -0.4 is 5.32 Å². The van der Waals surface area contributed by atoms with Gasteiger partial charge in [0.2, 0.25) is 0 Å². The second kappa shape index (κ2) is 7.47. The highest BCUT2D eigenvalue weighted by Gasteiger charge is 2.21. The lowest BCUT2D eigenvalue weighted by molar-refractivity contribution is -0.384. The number of aliphatic hydroxyl groups excluding tert-OH is 1. The van der Waals surface area contributed by atoms with Crippen molar-refractivity contribution in [3.63, 3.8) is 0 Å². The number of aliphatic hydroxyl groups is 1. The normalized spacial score (nSPS) is 12.8. The van der Waals surface area contributed by atoms with Crippen LogP contribution in [-0.2, 0) is 9.84 Å². The van der Waals surface area contributed by atoms with E-state index in [2.05, 4.69) is 5.32 Å². The Morgan fingerprint density at radius 1 is 1.46 bits per heavy atom. The van der Waals surface area contributed by atoms with Crippen LogP contribution in [0.3, 0.4) is 0 Å². The first-order chi connectivity index (χ1) is 11.2.